The average Bonchev–Trinajstić information content (AvgIpc) is 2.76. The minimum absolute atomic E-state index is 0.0523. The molecule has 1 aromatic heterocycles. The van der Waals surface area contributed by atoms with E-state index >= 15 is 0 Å². The van der Waals surface area contributed by atoms with Crippen molar-refractivity contribution in [3.63, 3.8) is 0 Å². The molecule has 17 heavy (non-hydrogen) atoms. The number of rotatable bonds is 4. The van der Waals surface area contributed by atoms with Crippen LogP contribution >= 0.6 is 0 Å². The zero-order chi connectivity index (χ0) is 12.3. The van der Waals surface area contributed by atoms with Crippen molar-refractivity contribution in [1.29, 1.82) is 0 Å². The predicted molar refractivity (Wildman–Crippen MR) is 63.9 cm³/mol. The number of hydrogen-bond donors (Lipinski definition) is 1. The number of sulfonamides is 1. The molecule has 0 radical (unpaired) electrons. The minimum Gasteiger partial charge on any atom is -0.392 e. The van der Waals surface area contributed by atoms with Gasteiger partial charge in [-0.2, -0.15) is 4.31 Å². The SMILES string of the molecule is O=S(=O)(CCc1ccccn1)N1CCC(O)C1. The lowest BCUT2D eigenvalue weighted by molar-refractivity contribution is 0.189. The van der Waals surface area contributed by atoms with Crippen molar-refractivity contribution >= 4 is 10.0 Å². The molecule has 2 rings (SSSR count). The van der Waals surface area contributed by atoms with E-state index in [1.165, 1.54) is 4.31 Å². The van der Waals surface area contributed by atoms with Crippen LogP contribution in [0.5, 0.6) is 0 Å². The summed E-state index contributed by atoms with van der Waals surface area (Å²) in [4.78, 5) is 4.09. The molecule has 94 valence electrons. The maximum atomic E-state index is 11.9. The summed E-state index contributed by atoms with van der Waals surface area (Å²) in [6, 6.07) is 5.46. The normalized spacial score (nSPS) is 21.8. The lowest BCUT2D eigenvalue weighted by Gasteiger charge is -2.15. The molecule has 5 nitrogen and oxygen atoms in total. The Morgan fingerprint density at radius 1 is 1.47 bits per heavy atom. The van der Waals surface area contributed by atoms with Crippen LogP contribution in [0.25, 0.3) is 0 Å². The highest BCUT2D eigenvalue weighted by molar-refractivity contribution is 7.89. The molecule has 1 fully saturated rings. The summed E-state index contributed by atoms with van der Waals surface area (Å²) in [5.41, 5.74) is 0.774. The summed E-state index contributed by atoms with van der Waals surface area (Å²) < 4.78 is 25.2. The zero-order valence-electron chi connectivity index (χ0n) is 9.49. The summed E-state index contributed by atoms with van der Waals surface area (Å²) >= 11 is 0. The first-order valence-corrected chi connectivity index (χ1v) is 7.24. The van der Waals surface area contributed by atoms with Gasteiger partial charge >= 0.3 is 0 Å². The Balaban J connectivity index is 1.94. The Bertz CT molecular complexity index is 461. The van der Waals surface area contributed by atoms with Gasteiger partial charge in [-0.05, 0) is 18.6 Å². The number of nitrogens with zero attached hydrogens (tertiary/aromatic N) is 2. The van der Waals surface area contributed by atoms with E-state index in [2.05, 4.69) is 4.98 Å². The van der Waals surface area contributed by atoms with Crippen molar-refractivity contribution in [1.82, 2.24) is 9.29 Å². The van der Waals surface area contributed by atoms with Crippen molar-refractivity contribution in [3.05, 3.63) is 30.1 Å². The van der Waals surface area contributed by atoms with E-state index in [-0.39, 0.29) is 12.3 Å². The molecule has 1 unspecified atom stereocenters. The molecule has 1 atom stereocenters. The van der Waals surface area contributed by atoms with Gasteiger partial charge in [0.15, 0.2) is 0 Å². The second kappa shape index (κ2) is 5.12. The summed E-state index contributed by atoms with van der Waals surface area (Å²) in [7, 11) is -3.26. The smallest absolute Gasteiger partial charge is 0.214 e. The van der Waals surface area contributed by atoms with E-state index < -0.39 is 16.1 Å². The van der Waals surface area contributed by atoms with E-state index in [9.17, 15) is 13.5 Å². The molecule has 0 aliphatic carbocycles. The molecule has 0 bridgehead atoms. The molecule has 1 aliphatic rings. The van der Waals surface area contributed by atoms with Crippen LogP contribution in [-0.2, 0) is 16.4 Å². The van der Waals surface area contributed by atoms with Gasteiger partial charge in [-0.25, -0.2) is 8.42 Å². The number of aromatic nitrogens is 1. The fourth-order valence-electron chi connectivity index (χ4n) is 1.87. The summed E-state index contributed by atoms with van der Waals surface area (Å²) in [5.74, 6) is 0.0523. The third kappa shape index (κ3) is 3.24. The van der Waals surface area contributed by atoms with Crippen molar-refractivity contribution in [2.75, 3.05) is 18.8 Å². The van der Waals surface area contributed by atoms with Crippen molar-refractivity contribution in [2.45, 2.75) is 18.9 Å². The van der Waals surface area contributed by atoms with Crippen LogP contribution < -0.4 is 0 Å². The van der Waals surface area contributed by atoms with Gasteiger partial charge in [0, 0.05) is 31.4 Å². The quantitative estimate of drug-likeness (QED) is 0.824. The van der Waals surface area contributed by atoms with Gasteiger partial charge in [0.05, 0.1) is 11.9 Å². The van der Waals surface area contributed by atoms with Gasteiger partial charge in [0.1, 0.15) is 0 Å². The summed E-state index contributed by atoms with van der Waals surface area (Å²) in [6.45, 7) is 0.649. The van der Waals surface area contributed by atoms with Gasteiger partial charge in [-0.15, -0.1) is 0 Å². The Labute approximate surface area is 101 Å². The molecule has 0 amide bonds. The Kier molecular flexibility index (Phi) is 3.76. The molecular formula is C11H16N2O3S. The zero-order valence-corrected chi connectivity index (χ0v) is 10.3. The van der Waals surface area contributed by atoms with Crippen LogP contribution in [0.4, 0.5) is 0 Å². The number of aliphatic hydroxyl groups excluding tert-OH is 1. The molecule has 1 aliphatic heterocycles. The third-order valence-corrected chi connectivity index (χ3v) is 4.70. The monoisotopic (exact) mass is 256 g/mol. The van der Waals surface area contributed by atoms with Gasteiger partial charge in [0.2, 0.25) is 10.0 Å². The number of pyridine rings is 1. The minimum atomic E-state index is -3.26. The highest BCUT2D eigenvalue weighted by atomic mass is 32.2. The first-order chi connectivity index (χ1) is 8.08. The maximum absolute atomic E-state index is 11.9. The maximum Gasteiger partial charge on any atom is 0.214 e. The number of hydrogen-bond acceptors (Lipinski definition) is 4. The Morgan fingerprint density at radius 3 is 2.88 bits per heavy atom. The van der Waals surface area contributed by atoms with Gasteiger partial charge in [-0.1, -0.05) is 6.07 Å². The molecule has 0 spiro atoms. The van der Waals surface area contributed by atoms with Crippen molar-refractivity contribution < 1.29 is 13.5 Å². The van der Waals surface area contributed by atoms with E-state index in [1.54, 1.807) is 12.3 Å². The lowest BCUT2D eigenvalue weighted by Crippen LogP contribution is -2.32. The fourth-order valence-corrected chi connectivity index (χ4v) is 3.38. The second-order valence-corrected chi connectivity index (χ2v) is 6.28. The van der Waals surface area contributed by atoms with E-state index in [4.69, 9.17) is 0 Å². The van der Waals surface area contributed by atoms with Crippen LogP contribution in [0, 0.1) is 0 Å². The molecular weight excluding hydrogens is 240 g/mol. The molecule has 2 heterocycles. The van der Waals surface area contributed by atoms with Crippen molar-refractivity contribution in [2.24, 2.45) is 0 Å². The number of aryl methyl sites for hydroxylation is 1. The van der Waals surface area contributed by atoms with E-state index in [1.807, 2.05) is 12.1 Å². The van der Waals surface area contributed by atoms with E-state index in [0.29, 0.717) is 19.4 Å². The molecule has 0 saturated carbocycles. The Hall–Kier alpha value is -0.980. The molecule has 6 heteroatoms. The average molecular weight is 256 g/mol. The predicted octanol–water partition coefficient (Wildman–Crippen LogP) is 0.0205. The standard InChI is InChI=1S/C11H16N2O3S/c14-11-4-7-13(9-11)17(15,16)8-5-10-3-1-2-6-12-10/h1-3,6,11,14H,4-5,7-9H2. The largest absolute Gasteiger partial charge is 0.392 e. The molecule has 1 saturated heterocycles. The van der Waals surface area contributed by atoms with Crippen LogP contribution in [0.1, 0.15) is 12.1 Å². The highest BCUT2D eigenvalue weighted by Gasteiger charge is 2.29. The second-order valence-electron chi connectivity index (χ2n) is 4.19. The van der Waals surface area contributed by atoms with E-state index in [0.717, 1.165) is 5.69 Å². The van der Waals surface area contributed by atoms with Crippen LogP contribution in [0.15, 0.2) is 24.4 Å². The fraction of sp³-hybridized carbons (Fsp3) is 0.545. The molecule has 1 N–H and O–H groups in total. The highest BCUT2D eigenvalue weighted by Crippen LogP contribution is 2.14. The number of β-amino-alcohol motifs (C(OH)–C–C–N with tert-alkyl or cyclic N) is 1. The summed E-state index contributed by atoms with van der Waals surface area (Å²) in [5, 5.41) is 9.33. The summed E-state index contributed by atoms with van der Waals surface area (Å²) in [6.07, 6.45) is 2.08. The topological polar surface area (TPSA) is 70.5 Å². The number of aliphatic hydroxyl groups is 1. The van der Waals surface area contributed by atoms with Crippen LogP contribution in [0.2, 0.25) is 0 Å². The van der Waals surface area contributed by atoms with Gasteiger partial charge in [0.25, 0.3) is 0 Å². The molecule has 1 aromatic rings. The van der Waals surface area contributed by atoms with Crippen molar-refractivity contribution in [3.8, 4) is 0 Å². The van der Waals surface area contributed by atoms with Crippen LogP contribution in [-0.4, -0.2) is 47.8 Å². The first-order valence-electron chi connectivity index (χ1n) is 5.64. The molecule has 0 aromatic carbocycles. The van der Waals surface area contributed by atoms with Gasteiger partial charge in [-0.3, -0.25) is 4.98 Å². The third-order valence-electron chi connectivity index (χ3n) is 2.86. The van der Waals surface area contributed by atoms with Gasteiger partial charge < -0.3 is 5.11 Å². The first kappa shape index (κ1) is 12.5. The Morgan fingerprint density at radius 2 is 2.29 bits per heavy atom. The lowest BCUT2D eigenvalue weighted by atomic mass is 10.3. The van der Waals surface area contributed by atoms with Crippen LogP contribution in [0.3, 0.4) is 0 Å².